The van der Waals surface area contributed by atoms with Crippen LogP contribution in [0.5, 0.6) is 11.6 Å². The molecule has 0 atom stereocenters. The van der Waals surface area contributed by atoms with E-state index in [0.717, 1.165) is 22.6 Å². The molecular weight excluding hydrogens is 240 g/mol. The molecule has 0 bridgehead atoms. The molecule has 2 aromatic rings. The summed E-state index contributed by atoms with van der Waals surface area (Å²) in [5.41, 5.74) is 8.62. The van der Waals surface area contributed by atoms with Crippen molar-refractivity contribution in [3.05, 3.63) is 53.2 Å². The van der Waals surface area contributed by atoms with Crippen molar-refractivity contribution >= 4 is 0 Å². The predicted octanol–water partition coefficient (Wildman–Crippen LogP) is 2.44. The second kappa shape index (κ2) is 6.20. The van der Waals surface area contributed by atoms with Crippen LogP contribution in [-0.2, 0) is 13.2 Å². The Morgan fingerprint density at radius 1 is 1.16 bits per heavy atom. The van der Waals surface area contributed by atoms with Crippen LogP contribution < -0.4 is 15.2 Å². The molecule has 0 aliphatic heterocycles. The SMILES string of the molecule is COc1cccc(COc2c(C)cccc2CN)n1. The molecule has 0 saturated carbocycles. The molecular formula is C15H18N2O2. The van der Waals surface area contributed by atoms with Crippen molar-refractivity contribution in [2.45, 2.75) is 20.1 Å². The number of rotatable bonds is 5. The Hall–Kier alpha value is -2.07. The molecule has 0 saturated heterocycles. The largest absolute Gasteiger partial charge is 0.487 e. The number of pyridine rings is 1. The Morgan fingerprint density at radius 2 is 1.95 bits per heavy atom. The molecule has 0 amide bonds. The number of methoxy groups -OCH3 is 1. The van der Waals surface area contributed by atoms with Gasteiger partial charge in [0.05, 0.1) is 12.8 Å². The van der Waals surface area contributed by atoms with Crippen molar-refractivity contribution in [2.75, 3.05) is 7.11 Å². The summed E-state index contributed by atoms with van der Waals surface area (Å²) in [7, 11) is 1.60. The van der Waals surface area contributed by atoms with E-state index >= 15 is 0 Å². The monoisotopic (exact) mass is 258 g/mol. The van der Waals surface area contributed by atoms with Crippen LogP contribution in [0.2, 0.25) is 0 Å². The molecule has 19 heavy (non-hydrogen) atoms. The minimum atomic E-state index is 0.398. The lowest BCUT2D eigenvalue weighted by Gasteiger charge is -2.13. The molecule has 0 aliphatic carbocycles. The Bertz CT molecular complexity index is 556. The summed E-state index contributed by atoms with van der Waals surface area (Å²) >= 11 is 0. The van der Waals surface area contributed by atoms with Crippen LogP contribution >= 0.6 is 0 Å². The average Bonchev–Trinajstić information content (AvgIpc) is 2.46. The number of aryl methyl sites for hydroxylation is 1. The maximum atomic E-state index is 5.85. The van der Waals surface area contributed by atoms with Gasteiger partial charge in [0.15, 0.2) is 0 Å². The standard InChI is InChI=1S/C15H18N2O2/c1-11-5-3-6-12(9-16)15(11)19-10-13-7-4-8-14(17-13)18-2/h3-8H,9-10,16H2,1-2H3. The molecule has 4 nitrogen and oxygen atoms in total. The second-order valence-corrected chi connectivity index (χ2v) is 4.23. The Balaban J connectivity index is 2.14. The zero-order valence-electron chi connectivity index (χ0n) is 11.2. The van der Waals surface area contributed by atoms with Gasteiger partial charge in [0, 0.05) is 18.2 Å². The molecule has 2 N–H and O–H groups in total. The van der Waals surface area contributed by atoms with Crippen molar-refractivity contribution in [3.8, 4) is 11.6 Å². The predicted molar refractivity (Wildman–Crippen MR) is 74.2 cm³/mol. The van der Waals surface area contributed by atoms with Crippen molar-refractivity contribution in [3.63, 3.8) is 0 Å². The first-order chi connectivity index (χ1) is 9.24. The van der Waals surface area contributed by atoms with Gasteiger partial charge in [-0.3, -0.25) is 0 Å². The summed E-state index contributed by atoms with van der Waals surface area (Å²) in [4.78, 5) is 4.31. The van der Waals surface area contributed by atoms with E-state index in [-0.39, 0.29) is 0 Å². The van der Waals surface area contributed by atoms with E-state index in [1.54, 1.807) is 7.11 Å². The van der Waals surface area contributed by atoms with Gasteiger partial charge in [-0.2, -0.15) is 0 Å². The van der Waals surface area contributed by atoms with Gasteiger partial charge in [-0.15, -0.1) is 0 Å². The van der Waals surface area contributed by atoms with Crippen LogP contribution in [0.3, 0.4) is 0 Å². The van der Waals surface area contributed by atoms with Gasteiger partial charge >= 0.3 is 0 Å². The zero-order chi connectivity index (χ0) is 13.7. The number of ether oxygens (including phenoxy) is 2. The lowest BCUT2D eigenvalue weighted by molar-refractivity contribution is 0.293. The highest BCUT2D eigenvalue weighted by molar-refractivity contribution is 5.40. The number of hydrogen-bond donors (Lipinski definition) is 1. The van der Waals surface area contributed by atoms with E-state index in [9.17, 15) is 0 Å². The third-order valence-electron chi connectivity index (χ3n) is 2.87. The van der Waals surface area contributed by atoms with Crippen molar-refractivity contribution in [1.82, 2.24) is 4.98 Å². The van der Waals surface area contributed by atoms with Gasteiger partial charge in [0.1, 0.15) is 12.4 Å². The fraction of sp³-hybridized carbons (Fsp3) is 0.267. The van der Waals surface area contributed by atoms with E-state index < -0.39 is 0 Å². The highest BCUT2D eigenvalue weighted by Gasteiger charge is 2.06. The van der Waals surface area contributed by atoms with E-state index in [1.807, 2.05) is 43.3 Å². The summed E-state index contributed by atoms with van der Waals surface area (Å²) in [6, 6.07) is 11.6. The average molecular weight is 258 g/mol. The molecule has 1 aromatic heterocycles. The van der Waals surface area contributed by atoms with Gasteiger partial charge in [-0.05, 0) is 18.6 Å². The van der Waals surface area contributed by atoms with Crippen molar-refractivity contribution < 1.29 is 9.47 Å². The van der Waals surface area contributed by atoms with Crippen LogP contribution in [0.1, 0.15) is 16.8 Å². The van der Waals surface area contributed by atoms with Gasteiger partial charge in [0.2, 0.25) is 5.88 Å². The number of nitrogens with zero attached hydrogens (tertiary/aromatic N) is 1. The summed E-state index contributed by atoms with van der Waals surface area (Å²) in [6.45, 7) is 2.87. The third-order valence-corrected chi connectivity index (χ3v) is 2.87. The number of nitrogens with two attached hydrogens (primary N) is 1. The van der Waals surface area contributed by atoms with E-state index in [4.69, 9.17) is 15.2 Å². The van der Waals surface area contributed by atoms with E-state index in [2.05, 4.69) is 4.98 Å². The minimum absolute atomic E-state index is 0.398. The smallest absolute Gasteiger partial charge is 0.213 e. The molecule has 0 radical (unpaired) electrons. The lowest BCUT2D eigenvalue weighted by Crippen LogP contribution is -2.05. The van der Waals surface area contributed by atoms with Crippen LogP contribution in [0.25, 0.3) is 0 Å². The van der Waals surface area contributed by atoms with E-state index in [0.29, 0.717) is 19.0 Å². The first kappa shape index (κ1) is 13.4. The van der Waals surface area contributed by atoms with E-state index in [1.165, 1.54) is 0 Å². The third kappa shape index (κ3) is 3.23. The summed E-state index contributed by atoms with van der Waals surface area (Å²) in [6.07, 6.45) is 0. The molecule has 0 fully saturated rings. The van der Waals surface area contributed by atoms with Crippen LogP contribution in [-0.4, -0.2) is 12.1 Å². The summed E-state index contributed by atoms with van der Waals surface area (Å²) < 4.78 is 10.9. The fourth-order valence-corrected chi connectivity index (χ4v) is 1.88. The molecule has 1 heterocycles. The minimum Gasteiger partial charge on any atom is -0.487 e. The normalized spacial score (nSPS) is 10.3. The lowest BCUT2D eigenvalue weighted by atomic mass is 10.1. The molecule has 4 heteroatoms. The van der Waals surface area contributed by atoms with Gasteiger partial charge < -0.3 is 15.2 Å². The summed E-state index contributed by atoms with van der Waals surface area (Å²) in [5, 5.41) is 0. The number of hydrogen-bond acceptors (Lipinski definition) is 4. The Kier molecular flexibility index (Phi) is 4.36. The van der Waals surface area contributed by atoms with Gasteiger partial charge in [-0.1, -0.05) is 24.3 Å². The van der Waals surface area contributed by atoms with Gasteiger partial charge in [-0.25, -0.2) is 4.98 Å². The summed E-state index contributed by atoms with van der Waals surface area (Å²) in [5.74, 6) is 1.43. The highest BCUT2D eigenvalue weighted by atomic mass is 16.5. The number of para-hydroxylation sites is 1. The number of benzene rings is 1. The first-order valence-electron chi connectivity index (χ1n) is 6.16. The maximum absolute atomic E-state index is 5.85. The topological polar surface area (TPSA) is 57.4 Å². The molecule has 100 valence electrons. The molecule has 2 rings (SSSR count). The quantitative estimate of drug-likeness (QED) is 0.895. The Morgan fingerprint density at radius 3 is 2.68 bits per heavy atom. The second-order valence-electron chi connectivity index (χ2n) is 4.23. The molecule has 0 unspecified atom stereocenters. The van der Waals surface area contributed by atoms with Crippen LogP contribution in [0, 0.1) is 6.92 Å². The van der Waals surface area contributed by atoms with Crippen molar-refractivity contribution in [1.29, 1.82) is 0 Å². The van der Waals surface area contributed by atoms with Crippen LogP contribution in [0.15, 0.2) is 36.4 Å². The molecule has 0 spiro atoms. The highest BCUT2D eigenvalue weighted by Crippen LogP contribution is 2.24. The van der Waals surface area contributed by atoms with Gasteiger partial charge in [0.25, 0.3) is 0 Å². The first-order valence-corrected chi connectivity index (χ1v) is 6.16. The van der Waals surface area contributed by atoms with Crippen LogP contribution in [0.4, 0.5) is 0 Å². The fourth-order valence-electron chi connectivity index (χ4n) is 1.88. The molecule has 0 aliphatic rings. The number of aromatic nitrogens is 1. The zero-order valence-corrected chi connectivity index (χ0v) is 11.2. The molecule has 1 aromatic carbocycles. The Labute approximate surface area is 113 Å². The van der Waals surface area contributed by atoms with Crippen molar-refractivity contribution in [2.24, 2.45) is 5.73 Å². The maximum Gasteiger partial charge on any atom is 0.213 e.